The van der Waals surface area contributed by atoms with Gasteiger partial charge in [0.25, 0.3) is 0 Å². The molecule has 0 bridgehead atoms. The quantitative estimate of drug-likeness (QED) is 0.128. The zero-order chi connectivity index (χ0) is 23.3. The number of hydrogen-bond acceptors (Lipinski definition) is 5. The van der Waals surface area contributed by atoms with Gasteiger partial charge in [0.15, 0.2) is 0 Å². The van der Waals surface area contributed by atoms with E-state index in [4.69, 9.17) is 9.47 Å². The minimum absolute atomic E-state index is 0.223. The number of methoxy groups -OCH3 is 2. The molecule has 0 radical (unpaired) electrons. The van der Waals surface area contributed by atoms with Gasteiger partial charge in [-0.05, 0) is 0 Å². The van der Waals surface area contributed by atoms with Crippen LogP contribution in [0.5, 0.6) is 0 Å². The molecule has 1 N–H and O–H groups in total. The molecule has 0 aliphatic heterocycles. The number of unbranched alkanes of at least 4 members (excludes halogenated alkanes) is 3. The first-order chi connectivity index (χ1) is 14.8. The summed E-state index contributed by atoms with van der Waals surface area (Å²) in [6.07, 6.45) is 12.5. The topological polar surface area (TPSA) is 72.8 Å². The van der Waals surface area contributed by atoms with E-state index in [1.165, 1.54) is 70.5 Å². The minimum atomic E-state index is -2.29. The van der Waals surface area contributed by atoms with Gasteiger partial charge in [-0.3, -0.25) is 0 Å². The number of ether oxygens (including phenoxy) is 2. The fourth-order valence-electron chi connectivity index (χ4n) is 5.12. The van der Waals surface area contributed by atoms with Crippen molar-refractivity contribution in [2.75, 3.05) is 14.2 Å². The molecule has 5 nitrogen and oxygen atoms in total. The van der Waals surface area contributed by atoms with Crippen molar-refractivity contribution in [2.45, 2.75) is 102 Å². The van der Waals surface area contributed by atoms with Crippen molar-refractivity contribution in [1.29, 1.82) is 0 Å². The monoisotopic (exact) mass is 546 g/mol. The van der Waals surface area contributed by atoms with Gasteiger partial charge >= 0.3 is 195 Å². The second kappa shape index (κ2) is 14.6. The Morgan fingerprint density at radius 2 is 1.45 bits per heavy atom. The van der Waals surface area contributed by atoms with E-state index in [9.17, 15) is 14.7 Å². The fraction of sp³-hybridized carbons (Fsp3) is 0.840. The Morgan fingerprint density at radius 3 is 1.87 bits per heavy atom. The summed E-state index contributed by atoms with van der Waals surface area (Å²) in [7, 11) is 2.61. The molecule has 180 valence electrons. The zero-order valence-electron chi connectivity index (χ0n) is 20.6. The van der Waals surface area contributed by atoms with Crippen LogP contribution in [-0.2, 0) is 19.1 Å². The zero-order valence-corrected chi connectivity index (χ0v) is 23.4. The molecule has 0 spiro atoms. The molecule has 0 amide bonds. The van der Waals surface area contributed by atoms with Gasteiger partial charge in [0, 0.05) is 0 Å². The number of hydrogen-bond donors (Lipinski definition) is 1. The number of aliphatic hydroxyl groups is 1. The number of esters is 2. The third-order valence-electron chi connectivity index (χ3n) is 7.21. The number of carbonyl (C=O) groups is 2. The summed E-state index contributed by atoms with van der Waals surface area (Å²) in [5, 5.41) is 10.6. The van der Waals surface area contributed by atoms with Gasteiger partial charge < -0.3 is 0 Å². The number of rotatable bonds is 14. The van der Waals surface area contributed by atoms with Crippen LogP contribution in [0.15, 0.2) is 12.2 Å². The van der Waals surface area contributed by atoms with Crippen LogP contribution >= 0.6 is 0 Å². The SMILES string of the molecule is CCC[CH2][Sn]([CH2]/C=C\[C@@H]1CC(C(=O)OC)(C(=O)OC)CC[C@H]1O)([CH2]CCC)[CH2]CCC. The molecule has 0 unspecified atom stereocenters. The van der Waals surface area contributed by atoms with Gasteiger partial charge in [0.2, 0.25) is 0 Å². The maximum atomic E-state index is 12.5. The number of aliphatic hydroxyl groups excluding tert-OH is 1. The molecule has 1 aliphatic rings. The molecular weight excluding hydrogens is 499 g/mol. The molecule has 0 saturated heterocycles. The predicted molar refractivity (Wildman–Crippen MR) is 129 cm³/mol. The van der Waals surface area contributed by atoms with Gasteiger partial charge in [-0.2, -0.15) is 0 Å². The third-order valence-corrected chi connectivity index (χ3v) is 22.5. The van der Waals surface area contributed by atoms with Crippen molar-refractivity contribution >= 4 is 30.3 Å². The predicted octanol–water partition coefficient (Wildman–Crippen LogP) is 5.89. The first-order valence-electron chi connectivity index (χ1n) is 12.4. The molecule has 0 aromatic heterocycles. The van der Waals surface area contributed by atoms with Crippen molar-refractivity contribution in [3.63, 3.8) is 0 Å². The van der Waals surface area contributed by atoms with Gasteiger partial charge in [-0.15, -0.1) is 0 Å². The van der Waals surface area contributed by atoms with Crippen LogP contribution in [-0.4, -0.2) is 55.7 Å². The van der Waals surface area contributed by atoms with Gasteiger partial charge in [0.05, 0.1) is 0 Å². The Morgan fingerprint density at radius 1 is 0.968 bits per heavy atom. The summed E-state index contributed by atoms with van der Waals surface area (Å²) < 4.78 is 15.4. The summed E-state index contributed by atoms with van der Waals surface area (Å²) in [4.78, 5) is 25.0. The summed E-state index contributed by atoms with van der Waals surface area (Å²) in [6, 6.07) is 0. The Bertz CT molecular complexity index is 536. The molecule has 0 heterocycles. The van der Waals surface area contributed by atoms with E-state index in [0.29, 0.717) is 6.42 Å². The molecular formula is C25H46O5Sn. The molecule has 1 rings (SSSR count). The Kier molecular flexibility index (Phi) is 13.4. The normalized spacial score (nSPS) is 21.2. The van der Waals surface area contributed by atoms with Gasteiger partial charge in [-0.25, -0.2) is 0 Å². The van der Waals surface area contributed by atoms with Crippen molar-refractivity contribution < 1.29 is 24.2 Å². The molecule has 1 aliphatic carbocycles. The van der Waals surface area contributed by atoms with E-state index in [0.717, 1.165) is 0 Å². The van der Waals surface area contributed by atoms with Gasteiger partial charge in [0.1, 0.15) is 0 Å². The van der Waals surface area contributed by atoms with E-state index in [2.05, 4.69) is 32.9 Å². The van der Waals surface area contributed by atoms with Crippen molar-refractivity contribution in [3.05, 3.63) is 12.2 Å². The maximum absolute atomic E-state index is 12.5. The average molecular weight is 545 g/mol. The first kappa shape index (κ1) is 28.5. The molecule has 2 atom stereocenters. The number of carbonyl (C=O) groups excluding carboxylic acids is 2. The molecule has 6 heteroatoms. The van der Waals surface area contributed by atoms with Crippen molar-refractivity contribution in [3.8, 4) is 0 Å². The Hall–Kier alpha value is -0.561. The third kappa shape index (κ3) is 8.06. The average Bonchev–Trinajstić information content (AvgIpc) is 2.79. The van der Waals surface area contributed by atoms with Crippen LogP contribution in [0, 0.1) is 11.3 Å². The van der Waals surface area contributed by atoms with Crippen LogP contribution in [0.25, 0.3) is 0 Å². The van der Waals surface area contributed by atoms with Crippen molar-refractivity contribution in [2.24, 2.45) is 11.3 Å². The summed E-state index contributed by atoms with van der Waals surface area (Å²) in [5.74, 6) is -1.32. The first-order valence-corrected chi connectivity index (χ1v) is 20.4. The molecule has 1 fully saturated rings. The Balaban J connectivity index is 3.03. The number of allylic oxidation sites excluding steroid dienone is 1. The summed E-state index contributed by atoms with van der Waals surface area (Å²) in [6.45, 7) is 6.84. The second-order valence-corrected chi connectivity index (χ2v) is 23.5. The van der Waals surface area contributed by atoms with E-state index >= 15 is 0 Å². The fourth-order valence-corrected chi connectivity index (χ4v) is 20.3. The Labute approximate surface area is 194 Å². The molecule has 31 heavy (non-hydrogen) atoms. The van der Waals surface area contributed by atoms with Crippen LogP contribution in [0.3, 0.4) is 0 Å². The van der Waals surface area contributed by atoms with Crippen LogP contribution < -0.4 is 0 Å². The van der Waals surface area contributed by atoms with Crippen LogP contribution in [0.4, 0.5) is 0 Å². The van der Waals surface area contributed by atoms with Crippen LogP contribution in [0.1, 0.15) is 78.6 Å². The standard InChI is InChI=1S/C13H19O5.3C4H9.Sn/c1-4-5-9-8-13(11(15)17-2,12(16)18-3)7-6-10(9)14;3*1-3-4-2;/h4-5,9-10,14H,1,6-8H2,2-3H3;3*1,3-4H2,2H3;/b5-4-;;;;/t9-,10-;;;;/m1..../s1. The second-order valence-electron chi connectivity index (χ2n) is 9.48. The van der Waals surface area contributed by atoms with E-state index in [1.54, 1.807) is 0 Å². The van der Waals surface area contributed by atoms with E-state index < -0.39 is 41.8 Å². The van der Waals surface area contributed by atoms with Crippen molar-refractivity contribution in [1.82, 2.24) is 0 Å². The van der Waals surface area contributed by atoms with E-state index in [1.807, 2.05) is 0 Å². The summed E-state index contributed by atoms with van der Waals surface area (Å²) >= 11 is -2.29. The molecule has 1 saturated carbocycles. The van der Waals surface area contributed by atoms with Gasteiger partial charge in [-0.1, -0.05) is 0 Å². The molecule has 0 aromatic carbocycles. The van der Waals surface area contributed by atoms with E-state index in [-0.39, 0.29) is 18.8 Å². The molecule has 0 aromatic rings. The summed E-state index contributed by atoms with van der Waals surface area (Å²) in [5.41, 5.74) is -1.30. The van der Waals surface area contributed by atoms with Crippen LogP contribution in [0.2, 0.25) is 17.7 Å².